The third-order valence-electron chi connectivity index (χ3n) is 3.91. The molecule has 1 aromatic rings. The van der Waals surface area contributed by atoms with Gasteiger partial charge in [-0.3, -0.25) is 0 Å². The second-order valence-corrected chi connectivity index (χ2v) is 6.54. The maximum atomic E-state index is 5.33. The van der Waals surface area contributed by atoms with Gasteiger partial charge in [-0.05, 0) is 82.8 Å². The second-order valence-electron chi connectivity index (χ2n) is 6.13. The molecule has 0 bridgehead atoms. The van der Waals surface area contributed by atoms with Gasteiger partial charge in [0, 0.05) is 31.0 Å². The zero-order valence-corrected chi connectivity index (χ0v) is 14.6. The second kappa shape index (κ2) is 8.96. The molecule has 0 unspecified atom stereocenters. The molecule has 1 aliphatic heterocycles. The van der Waals surface area contributed by atoms with Crippen molar-refractivity contribution in [3.8, 4) is 0 Å². The van der Waals surface area contributed by atoms with Crippen molar-refractivity contribution in [1.82, 2.24) is 10.2 Å². The van der Waals surface area contributed by atoms with E-state index in [-0.39, 0.29) is 0 Å². The van der Waals surface area contributed by atoms with Gasteiger partial charge < -0.3 is 20.4 Å². The minimum Gasteiger partial charge on any atom is -0.372 e. The summed E-state index contributed by atoms with van der Waals surface area (Å²) in [6.45, 7) is 4.33. The Hall–Kier alpha value is -1.33. The molecule has 1 aliphatic rings. The third-order valence-corrected chi connectivity index (χ3v) is 4.16. The number of hydrogen-bond acceptors (Lipinski definition) is 3. The molecule has 0 amide bonds. The molecule has 0 atom stereocenters. The smallest absolute Gasteiger partial charge is 0.170 e. The van der Waals surface area contributed by atoms with Crippen molar-refractivity contribution in [2.24, 2.45) is 0 Å². The summed E-state index contributed by atoms with van der Waals surface area (Å²) in [4.78, 5) is 4.64. The van der Waals surface area contributed by atoms with Crippen LogP contribution in [0.15, 0.2) is 24.3 Å². The maximum Gasteiger partial charge on any atom is 0.170 e. The van der Waals surface area contributed by atoms with Gasteiger partial charge in [0.05, 0.1) is 0 Å². The fraction of sp³-hybridized carbons (Fsp3) is 0.588. The van der Waals surface area contributed by atoms with Crippen molar-refractivity contribution in [3.63, 3.8) is 0 Å². The predicted molar refractivity (Wildman–Crippen MR) is 99.9 cm³/mol. The number of rotatable bonds is 6. The van der Waals surface area contributed by atoms with E-state index >= 15 is 0 Å². The molecule has 1 heterocycles. The summed E-state index contributed by atoms with van der Waals surface area (Å²) in [5.41, 5.74) is 2.36. The van der Waals surface area contributed by atoms with Crippen molar-refractivity contribution in [1.29, 1.82) is 0 Å². The van der Waals surface area contributed by atoms with Crippen LogP contribution in [0.2, 0.25) is 0 Å². The lowest BCUT2D eigenvalue weighted by molar-refractivity contribution is 0.400. The van der Waals surface area contributed by atoms with Gasteiger partial charge in [-0.25, -0.2) is 0 Å². The molecule has 4 nitrogen and oxygen atoms in total. The molecular formula is C17H28N4S. The van der Waals surface area contributed by atoms with Gasteiger partial charge in [-0.2, -0.15) is 0 Å². The average molecular weight is 321 g/mol. The molecule has 0 aromatic heterocycles. The van der Waals surface area contributed by atoms with Crippen molar-refractivity contribution in [2.45, 2.75) is 25.7 Å². The van der Waals surface area contributed by atoms with E-state index in [1.165, 1.54) is 38.0 Å². The van der Waals surface area contributed by atoms with E-state index in [0.717, 1.165) is 25.2 Å². The minimum absolute atomic E-state index is 0.699. The average Bonchev–Trinajstić information content (AvgIpc) is 2.53. The first-order valence-corrected chi connectivity index (χ1v) is 8.60. The van der Waals surface area contributed by atoms with Gasteiger partial charge in [0.15, 0.2) is 5.11 Å². The number of nitrogens with one attached hydrogen (secondary N) is 2. The quantitative estimate of drug-likeness (QED) is 0.622. The Morgan fingerprint density at radius 3 is 2.45 bits per heavy atom. The van der Waals surface area contributed by atoms with E-state index < -0.39 is 0 Å². The summed E-state index contributed by atoms with van der Waals surface area (Å²) in [5, 5.41) is 7.19. The molecule has 2 N–H and O–H groups in total. The van der Waals surface area contributed by atoms with E-state index in [1.54, 1.807) is 0 Å². The van der Waals surface area contributed by atoms with Gasteiger partial charge in [-0.1, -0.05) is 0 Å². The van der Waals surface area contributed by atoms with Crippen LogP contribution in [0.25, 0.3) is 0 Å². The fourth-order valence-electron chi connectivity index (χ4n) is 2.68. The number of piperidine rings is 1. The van der Waals surface area contributed by atoms with E-state index in [0.29, 0.717) is 5.11 Å². The van der Waals surface area contributed by atoms with Gasteiger partial charge in [0.2, 0.25) is 0 Å². The van der Waals surface area contributed by atoms with Crippen LogP contribution in [-0.4, -0.2) is 50.3 Å². The molecule has 122 valence electrons. The lowest BCUT2D eigenvalue weighted by Gasteiger charge is -2.28. The standard InChI is InChI=1S/C17H28N4S/c1-20(2)12-6-11-18-17(22)19-15-7-9-16(10-8-15)21-13-4-3-5-14-21/h7-10H,3-6,11-14H2,1-2H3,(H2,18,19,22). The third kappa shape index (κ3) is 5.81. The van der Waals surface area contributed by atoms with E-state index in [9.17, 15) is 0 Å². The Morgan fingerprint density at radius 2 is 1.82 bits per heavy atom. The summed E-state index contributed by atoms with van der Waals surface area (Å²) in [6, 6.07) is 8.58. The summed E-state index contributed by atoms with van der Waals surface area (Å²) in [7, 11) is 4.17. The normalized spacial score (nSPS) is 15.0. The lowest BCUT2D eigenvalue weighted by Crippen LogP contribution is -2.31. The summed E-state index contributed by atoms with van der Waals surface area (Å²) in [6.07, 6.45) is 5.06. The first-order chi connectivity index (χ1) is 10.6. The summed E-state index contributed by atoms with van der Waals surface area (Å²) < 4.78 is 0. The van der Waals surface area contributed by atoms with Crippen LogP contribution in [0.5, 0.6) is 0 Å². The predicted octanol–water partition coefficient (Wildman–Crippen LogP) is 2.92. The Kier molecular flexibility index (Phi) is 6.93. The SMILES string of the molecule is CN(C)CCCNC(=S)Nc1ccc(N2CCCCC2)cc1. The molecule has 5 heteroatoms. The molecule has 0 saturated carbocycles. The number of hydrogen-bond donors (Lipinski definition) is 2. The molecule has 1 fully saturated rings. The van der Waals surface area contributed by atoms with Crippen LogP contribution in [0, 0.1) is 0 Å². The van der Waals surface area contributed by atoms with Crippen LogP contribution in [0.1, 0.15) is 25.7 Å². The number of anilines is 2. The van der Waals surface area contributed by atoms with Crippen LogP contribution >= 0.6 is 12.2 Å². The lowest BCUT2D eigenvalue weighted by atomic mass is 10.1. The molecule has 0 spiro atoms. The molecule has 22 heavy (non-hydrogen) atoms. The van der Waals surface area contributed by atoms with Crippen LogP contribution in [0.3, 0.4) is 0 Å². The Morgan fingerprint density at radius 1 is 1.14 bits per heavy atom. The summed E-state index contributed by atoms with van der Waals surface area (Å²) >= 11 is 5.33. The summed E-state index contributed by atoms with van der Waals surface area (Å²) in [5.74, 6) is 0. The van der Waals surface area contributed by atoms with Gasteiger partial charge in [-0.15, -0.1) is 0 Å². The highest BCUT2D eigenvalue weighted by Crippen LogP contribution is 2.21. The molecule has 1 aromatic carbocycles. The highest BCUT2D eigenvalue weighted by molar-refractivity contribution is 7.80. The van der Waals surface area contributed by atoms with Crippen LogP contribution < -0.4 is 15.5 Å². The maximum absolute atomic E-state index is 5.33. The number of thiocarbonyl (C=S) groups is 1. The highest BCUT2D eigenvalue weighted by Gasteiger charge is 2.10. The monoisotopic (exact) mass is 320 g/mol. The number of nitrogens with zero attached hydrogens (tertiary/aromatic N) is 2. The molecule has 1 saturated heterocycles. The van der Waals surface area contributed by atoms with E-state index in [4.69, 9.17) is 12.2 Å². The molecule has 0 radical (unpaired) electrons. The van der Waals surface area contributed by atoms with Crippen molar-refractivity contribution >= 4 is 28.7 Å². The zero-order valence-electron chi connectivity index (χ0n) is 13.8. The van der Waals surface area contributed by atoms with E-state index in [1.807, 2.05) is 0 Å². The minimum atomic E-state index is 0.699. The van der Waals surface area contributed by atoms with Gasteiger partial charge in [0.1, 0.15) is 0 Å². The fourth-order valence-corrected chi connectivity index (χ4v) is 2.90. The Bertz CT molecular complexity index is 452. The molecule has 0 aliphatic carbocycles. The van der Waals surface area contributed by atoms with E-state index in [2.05, 4.69) is 58.8 Å². The molecular weight excluding hydrogens is 292 g/mol. The van der Waals surface area contributed by atoms with Gasteiger partial charge >= 0.3 is 0 Å². The van der Waals surface area contributed by atoms with Gasteiger partial charge in [0.25, 0.3) is 0 Å². The van der Waals surface area contributed by atoms with Crippen molar-refractivity contribution in [2.75, 3.05) is 50.5 Å². The largest absolute Gasteiger partial charge is 0.372 e. The van der Waals surface area contributed by atoms with Crippen LogP contribution in [0.4, 0.5) is 11.4 Å². The Labute approximate surface area is 139 Å². The van der Waals surface area contributed by atoms with Crippen molar-refractivity contribution < 1.29 is 0 Å². The first kappa shape index (κ1) is 17.0. The van der Waals surface area contributed by atoms with Crippen LogP contribution in [-0.2, 0) is 0 Å². The Balaban J connectivity index is 1.74. The number of benzene rings is 1. The zero-order chi connectivity index (χ0) is 15.8. The highest BCUT2D eigenvalue weighted by atomic mass is 32.1. The molecule has 2 rings (SSSR count). The first-order valence-electron chi connectivity index (χ1n) is 8.20. The van der Waals surface area contributed by atoms with Crippen molar-refractivity contribution in [3.05, 3.63) is 24.3 Å². The topological polar surface area (TPSA) is 30.5 Å².